The maximum absolute atomic E-state index is 10.7. The van der Waals surface area contributed by atoms with E-state index in [0.717, 1.165) is 22.9 Å². The summed E-state index contributed by atoms with van der Waals surface area (Å²) in [6.07, 6.45) is 0.743. The molecule has 0 saturated carbocycles. The fourth-order valence-corrected chi connectivity index (χ4v) is 1.64. The summed E-state index contributed by atoms with van der Waals surface area (Å²) in [5.41, 5.74) is 2.63. The second-order valence-corrected chi connectivity index (χ2v) is 3.59. The number of hydrogen-bond acceptors (Lipinski definition) is 2. The first-order chi connectivity index (χ1) is 6.65. The van der Waals surface area contributed by atoms with Gasteiger partial charge in [0.1, 0.15) is 0 Å². The Morgan fingerprint density at radius 2 is 2.21 bits per heavy atom. The summed E-state index contributed by atoms with van der Waals surface area (Å²) < 4.78 is 1.76. The van der Waals surface area contributed by atoms with Crippen LogP contribution in [0.4, 0.5) is 0 Å². The van der Waals surface area contributed by atoms with Crippen LogP contribution < -0.4 is 0 Å². The number of rotatable bonds is 1. The maximum Gasteiger partial charge on any atom is 0.185 e. The lowest BCUT2D eigenvalue weighted by Gasteiger charge is -1.99. The van der Waals surface area contributed by atoms with Gasteiger partial charge in [-0.25, -0.2) is 4.98 Å². The normalized spacial score (nSPS) is 10.8. The van der Waals surface area contributed by atoms with E-state index in [0.29, 0.717) is 10.8 Å². The summed E-state index contributed by atoms with van der Waals surface area (Å²) in [5, 5.41) is 0.674. The number of halogens is 1. The molecule has 1 heterocycles. The second-order valence-electron chi connectivity index (χ2n) is 3.19. The van der Waals surface area contributed by atoms with Crippen molar-refractivity contribution in [3.05, 3.63) is 28.5 Å². The van der Waals surface area contributed by atoms with Gasteiger partial charge in [-0.15, -0.1) is 0 Å². The third-order valence-corrected chi connectivity index (χ3v) is 2.79. The molecule has 2 rings (SSSR count). The van der Waals surface area contributed by atoms with Crippen LogP contribution in [0.3, 0.4) is 0 Å². The standard InChI is InChI=1S/C10H9ClN2O/c1-6-7(11)3-4-8-10(6)12-9(5-14)13(8)2/h3-5H,1-2H3. The fourth-order valence-electron chi connectivity index (χ4n) is 1.49. The Bertz CT molecular complexity index is 516. The average Bonchev–Trinajstić information content (AvgIpc) is 2.50. The van der Waals surface area contributed by atoms with E-state index < -0.39 is 0 Å². The molecule has 4 heteroatoms. The van der Waals surface area contributed by atoms with Crippen molar-refractivity contribution >= 4 is 28.9 Å². The molecule has 0 spiro atoms. The number of imidazole rings is 1. The number of carbonyl (C=O) groups is 1. The van der Waals surface area contributed by atoms with E-state index in [1.807, 2.05) is 26.1 Å². The molecule has 3 nitrogen and oxygen atoms in total. The minimum Gasteiger partial charge on any atom is -0.325 e. The molecule has 14 heavy (non-hydrogen) atoms. The first-order valence-corrected chi connectivity index (χ1v) is 4.59. The van der Waals surface area contributed by atoms with Gasteiger partial charge in [-0.3, -0.25) is 4.79 Å². The lowest BCUT2D eigenvalue weighted by molar-refractivity contribution is 0.111. The Kier molecular flexibility index (Phi) is 2.04. The molecule has 0 unspecified atom stereocenters. The minimum absolute atomic E-state index is 0.422. The number of carbonyl (C=O) groups excluding carboxylic acids is 1. The van der Waals surface area contributed by atoms with E-state index in [2.05, 4.69) is 4.98 Å². The van der Waals surface area contributed by atoms with Crippen LogP contribution in [-0.2, 0) is 7.05 Å². The molecule has 72 valence electrons. The monoisotopic (exact) mass is 208 g/mol. The number of benzene rings is 1. The van der Waals surface area contributed by atoms with Crippen LogP contribution in [0.15, 0.2) is 12.1 Å². The quantitative estimate of drug-likeness (QED) is 0.675. The summed E-state index contributed by atoms with van der Waals surface area (Å²) in [7, 11) is 1.81. The zero-order valence-corrected chi connectivity index (χ0v) is 8.67. The van der Waals surface area contributed by atoms with Crippen LogP contribution in [0.25, 0.3) is 11.0 Å². The van der Waals surface area contributed by atoms with E-state index in [1.165, 1.54) is 0 Å². The minimum atomic E-state index is 0.422. The van der Waals surface area contributed by atoms with Gasteiger partial charge in [0, 0.05) is 12.1 Å². The van der Waals surface area contributed by atoms with Crippen LogP contribution in [0.1, 0.15) is 16.2 Å². The molecule has 0 fully saturated rings. The van der Waals surface area contributed by atoms with Crippen molar-refractivity contribution in [1.82, 2.24) is 9.55 Å². The first-order valence-electron chi connectivity index (χ1n) is 4.22. The van der Waals surface area contributed by atoms with E-state index in [4.69, 9.17) is 11.6 Å². The Morgan fingerprint density at radius 3 is 2.86 bits per heavy atom. The van der Waals surface area contributed by atoms with Crippen LogP contribution in [0.2, 0.25) is 5.02 Å². The number of aryl methyl sites for hydroxylation is 2. The Labute approximate surface area is 86.3 Å². The number of nitrogens with zero attached hydrogens (tertiary/aromatic N) is 2. The van der Waals surface area contributed by atoms with Gasteiger partial charge >= 0.3 is 0 Å². The van der Waals surface area contributed by atoms with E-state index in [1.54, 1.807) is 4.57 Å². The van der Waals surface area contributed by atoms with Crippen molar-refractivity contribution in [2.24, 2.45) is 7.05 Å². The second kappa shape index (κ2) is 3.10. The Balaban J connectivity index is 2.91. The maximum atomic E-state index is 10.7. The molecule has 0 aliphatic rings. The first kappa shape index (κ1) is 9.21. The topological polar surface area (TPSA) is 34.9 Å². The fraction of sp³-hybridized carbons (Fsp3) is 0.200. The van der Waals surface area contributed by atoms with E-state index in [9.17, 15) is 4.79 Å². The molecule has 0 bridgehead atoms. The molecular weight excluding hydrogens is 200 g/mol. The molecule has 1 aromatic carbocycles. The Hall–Kier alpha value is -1.35. The Morgan fingerprint density at radius 1 is 1.50 bits per heavy atom. The predicted octanol–water partition coefficient (Wildman–Crippen LogP) is 2.35. The van der Waals surface area contributed by atoms with Gasteiger partial charge in [-0.2, -0.15) is 0 Å². The molecule has 0 radical (unpaired) electrons. The zero-order valence-electron chi connectivity index (χ0n) is 7.91. The third kappa shape index (κ3) is 1.13. The number of aldehydes is 1. The molecule has 0 saturated heterocycles. The molecule has 1 aromatic heterocycles. The largest absolute Gasteiger partial charge is 0.325 e. The molecule has 0 amide bonds. The van der Waals surface area contributed by atoms with E-state index in [-0.39, 0.29) is 0 Å². The number of fused-ring (bicyclic) bond motifs is 1. The summed E-state index contributed by atoms with van der Waals surface area (Å²) >= 11 is 5.95. The molecule has 0 N–H and O–H groups in total. The van der Waals surface area contributed by atoms with Crippen LogP contribution >= 0.6 is 11.6 Å². The van der Waals surface area contributed by atoms with Crippen molar-refractivity contribution in [3.63, 3.8) is 0 Å². The molecule has 0 aliphatic heterocycles. The highest BCUT2D eigenvalue weighted by atomic mass is 35.5. The van der Waals surface area contributed by atoms with Crippen LogP contribution in [0.5, 0.6) is 0 Å². The van der Waals surface area contributed by atoms with Gasteiger partial charge in [0.05, 0.1) is 11.0 Å². The summed E-state index contributed by atoms with van der Waals surface area (Å²) in [6.45, 7) is 1.90. The highest BCUT2D eigenvalue weighted by Gasteiger charge is 2.10. The highest BCUT2D eigenvalue weighted by Crippen LogP contribution is 2.24. The number of hydrogen-bond donors (Lipinski definition) is 0. The lowest BCUT2D eigenvalue weighted by Crippen LogP contribution is -1.94. The van der Waals surface area contributed by atoms with Crippen LogP contribution in [0, 0.1) is 6.92 Å². The third-order valence-electron chi connectivity index (χ3n) is 2.38. The van der Waals surface area contributed by atoms with Crippen molar-refractivity contribution in [2.75, 3.05) is 0 Å². The lowest BCUT2D eigenvalue weighted by atomic mass is 10.2. The van der Waals surface area contributed by atoms with Gasteiger partial charge < -0.3 is 4.57 Å². The smallest absolute Gasteiger partial charge is 0.185 e. The molecule has 2 aromatic rings. The van der Waals surface area contributed by atoms with Crippen molar-refractivity contribution in [2.45, 2.75) is 6.92 Å². The van der Waals surface area contributed by atoms with Crippen LogP contribution in [-0.4, -0.2) is 15.8 Å². The van der Waals surface area contributed by atoms with Gasteiger partial charge in [-0.1, -0.05) is 11.6 Å². The van der Waals surface area contributed by atoms with Crippen molar-refractivity contribution in [1.29, 1.82) is 0 Å². The summed E-state index contributed by atoms with van der Waals surface area (Å²) in [5.74, 6) is 0.422. The highest BCUT2D eigenvalue weighted by molar-refractivity contribution is 6.32. The summed E-state index contributed by atoms with van der Waals surface area (Å²) in [4.78, 5) is 14.9. The van der Waals surface area contributed by atoms with E-state index >= 15 is 0 Å². The zero-order chi connectivity index (χ0) is 10.3. The van der Waals surface area contributed by atoms with Gasteiger partial charge in [0.15, 0.2) is 12.1 Å². The number of aromatic nitrogens is 2. The SMILES string of the molecule is Cc1c(Cl)ccc2c1nc(C=O)n2C. The van der Waals surface area contributed by atoms with Crippen molar-refractivity contribution in [3.8, 4) is 0 Å². The van der Waals surface area contributed by atoms with Crippen molar-refractivity contribution < 1.29 is 4.79 Å². The molecule has 0 atom stereocenters. The van der Waals surface area contributed by atoms with Gasteiger partial charge in [0.2, 0.25) is 0 Å². The molecule has 0 aliphatic carbocycles. The summed E-state index contributed by atoms with van der Waals surface area (Å²) in [6, 6.07) is 3.68. The van der Waals surface area contributed by atoms with Gasteiger partial charge in [0.25, 0.3) is 0 Å². The predicted molar refractivity (Wildman–Crippen MR) is 55.8 cm³/mol. The molecular formula is C10H9ClN2O. The average molecular weight is 209 g/mol. The van der Waals surface area contributed by atoms with Gasteiger partial charge in [-0.05, 0) is 24.6 Å².